The number of hydrogen-bond donors (Lipinski definition) is 0. The standard InChI is InChI=1S/C67H55N/c1-40-26-27-41(2)52(34-40)53-37-61-64(50-24-15-14-23-48(50)53)51-32-30-45(36-58(51)67(61,7)8)68(62-25-17-16-21-46(62)42-18-10-9-11-19-42)44-29-31-49-54-38-60-55(39-59(54)66(5,6)57(49)35-44)63-47-22-13-12-20-43(47)28-33-56(63)65(60,3)4/h9-39H,1-8H3. The Hall–Kier alpha value is -7.48. The third-order valence-corrected chi connectivity index (χ3v) is 16.4. The number of para-hydroxylation sites is 1. The van der Waals surface area contributed by atoms with E-state index in [9.17, 15) is 0 Å². The number of benzene rings is 10. The Balaban J connectivity index is 0.996. The third-order valence-electron chi connectivity index (χ3n) is 16.4. The predicted molar refractivity (Wildman–Crippen MR) is 289 cm³/mol. The molecule has 3 aliphatic carbocycles. The van der Waals surface area contributed by atoms with Crippen molar-refractivity contribution in [2.75, 3.05) is 4.90 Å². The van der Waals surface area contributed by atoms with Crippen molar-refractivity contribution in [3.63, 3.8) is 0 Å². The molecule has 0 amide bonds. The van der Waals surface area contributed by atoms with Crippen molar-refractivity contribution in [2.24, 2.45) is 0 Å². The van der Waals surface area contributed by atoms with Gasteiger partial charge in [0.25, 0.3) is 0 Å². The molecule has 0 atom stereocenters. The van der Waals surface area contributed by atoms with Crippen LogP contribution in [0.2, 0.25) is 0 Å². The molecular formula is C67H55N. The van der Waals surface area contributed by atoms with Crippen LogP contribution in [-0.4, -0.2) is 0 Å². The van der Waals surface area contributed by atoms with Gasteiger partial charge in [-0.2, -0.15) is 0 Å². The summed E-state index contributed by atoms with van der Waals surface area (Å²) < 4.78 is 0. The molecule has 0 saturated carbocycles. The van der Waals surface area contributed by atoms with E-state index in [4.69, 9.17) is 0 Å². The SMILES string of the molecule is Cc1ccc(C)c(-c2cc3c(c4ccccc24)-c2ccc(N(c4ccc5c(c4)C(C)(C)c4cc6c(cc4-5)C(C)(C)c4ccc5ccccc5c4-6)c4ccccc4-c4ccccc4)cc2C3(C)C)c1. The molecule has 13 rings (SSSR count). The molecule has 0 fully saturated rings. The maximum absolute atomic E-state index is 2.56. The second-order valence-corrected chi connectivity index (χ2v) is 21.4. The van der Waals surface area contributed by atoms with E-state index in [1.165, 1.54) is 122 Å². The van der Waals surface area contributed by atoms with Crippen LogP contribution in [0.15, 0.2) is 188 Å². The van der Waals surface area contributed by atoms with Gasteiger partial charge >= 0.3 is 0 Å². The van der Waals surface area contributed by atoms with Gasteiger partial charge in [-0.1, -0.05) is 187 Å². The molecule has 0 saturated heterocycles. The number of nitrogens with zero attached hydrogens (tertiary/aromatic N) is 1. The lowest BCUT2D eigenvalue weighted by Gasteiger charge is -2.31. The molecule has 0 bridgehead atoms. The minimum atomic E-state index is -0.249. The topological polar surface area (TPSA) is 3.24 Å². The molecule has 0 aromatic heterocycles. The van der Waals surface area contributed by atoms with Crippen molar-refractivity contribution in [3.05, 3.63) is 233 Å². The first-order valence-electron chi connectivity index (χ1n) is 24.4. The van der Waals surface area contributed by atoms with Crippen molar-refractivity contribution in [3.8, 4) is 55.6 Å². The molecule has 1 heteroatoms. The van der Waals surface area contributed by atoms with Gasteiger partial charge in [0, 0.05) is 33.2 Å². The summed E-state index contributed by atoms with van der Waals surface area (Å²) in [7, 11) is 0. The first kappa shape index (κ1) is 40.8. The van der Waals surface area contributed by atoms with E-state index in [0.717, 1.165) is 17.1 Å². The summed E-state index contributed by atoms with van der Waals surface area (Å²) in [6, 6.07) is 71.6. The average Bonchev–Trinajstić information content (AvgIpc) is 3.83. The fourth-order valence-corrected chi connectivity index (χ4v) is 12.8. The summed E-state index contributed by atoms with van der Waals surface area (Å²) in [5, 5.41) is 5.26. The highest BCUT2D eigenvalue weighted by Gasteiger charge is 2.43. The van der Waals surface area contributed by atoms with Crippen LogP contribution in [0.4, 0.5) is 17.1 Å². The van der Waals surface area contributed by atoms with Crippen LogP contribution >= 0.6 is 0 Å². The van der Waals surface area contributed by atoms with E-state index < -0.39 is 0 Å². The average molecular weight is 874 g/mol. The number of anilines is 3. The maximum Gasteiger partial charge on any atom is 0.0540 e. The Morgan fingerprint density at radius 2 is 0.882 bits per heavy atom. The lowest BCUT2D eigenvalue weighted by atomic mass is 9.79. The van der Waals surface area contributed by atoms with Crippen molar-refractivity contribution in [2.45, 2.75) is 71.6 Å². The van der Waals surface area contributed by atoms with Crippen LogP contribution in [0.25, 0.3) is 77.2 Å². The Labute approximate surface area is 401 Å². The van der Waals surface area contributed by atoms with Gasteiger partial charge in [-0.05, 0) is 173 Å². The van der Waals surface area contributed by atoms with Crippen LogP contribution in [0.1, 0.15) is 86.1 Å². The van der Waals surface area contributed by atoms with E-state index in [2.05, 4.69) is 248 Å². The molecule has 68 heavy (non-hydrogen) atoms. The van der Waals surface area contributed by atoms with Crippen LogP contribution < -0.4 is 4.90 Å². The largest absolute Gasteiger partial charge is 0.310 e. The minimum absolute atomic E-state index is 0.108. The molecule has 328 valence electrons. The Morgan fingerprint density at radius 3 is 1.66 bits per heavy atom. The van der Waals surface area contributed by atoms with Gasteiger partial charge < -0.3 is 4.90 Å². The number of aryl methyl sites for hydroxylation is 2. The zero-order chi connectivity index (χ0) is 46.4. The fraction of sp³-hybridized carbons (Fsp3) is 0.164. The van der Waals surface area contributed by atoms with E-state index in [0.29, 0.717) is 0 Å². The second-order valence-electron chi connectivity index (χ2n) is 21.4. The summed E-state index contributed by atoms with van der Waals surface area (Å²) in [5.41, 5.74) is 27.0. The minimum Gasteiger partial charge on any atom is -0.310 e. The molecule has 0 radical (unpaired) electrons. The van der Waals surface area contributed by atoms with E-state index in [1.54, 1.807) is 0 Å². The normalized spacial score (nSPS) is 15.1. The second kappa shape index (κ2) is 14.3. The van der Waals surface area contributed by atoms with Gasteiger partial charge in [0.1, 0.15) is 0 Å². The predicted octanol–water partition coefficient (Wildman–Crippen LogP) is 18.3. The van der Waals surface area contributed by atoms with Crippen molar-refractivity contribution in [1.29, 1.82) is 0 Å². The van der Waals surface area contributed by atoms with Crippen molar-refractivity contribution >= 4 is 38.6 Å². The van der Waals surface area contributed by atoms with E-state index in [1.807, 2.05) is 0 Å². The molecule has 1 nitrogen and oxygen atoms in total. The number of rotatable bonds is 5. The molecule has 10 aromatic rings. The Bertz CT molecular complexity index is 3780. The summed E-state index contributed by atoms with van der Waals surface area (Å²) in [6.07, 6.45) is 0. The molecule has 0 unspecified atom stereocenters. The van der Waals surface area contributed by atoms with Crippen molar-refractivity contribution in [1.82, 2.24) is 0 Å². The number of fused-ring (bicyclic) bond motifs is 13. The first-order chi connectivity index (χ1) is 32.8. The third kappa shape index (κ3) is 5.63. The monoisotopic (exact) mass is 873 g/mol. The van der Waals surface area contributed by atoms with E-state index >= 15 is 0 Å². The van der Waals surface area contributed by atoms with Crippen LogP contribution in [0.3, 0.4) is 0 Å². The number of hydrogen-bond acceptors (Lipinski definition) is 1. The van der Waals surface area contributed by atoms with Gasteiger partial charge in [-0.3, -0.25) is 0 Å². The first-order valence-corrected chi connectivity index (χ1v) is 24.4. The maximum atomic E-state index is 2.56. The smallest absolute Gasteiger partial charge is 0.0540 e. The summed E-state index contributed by atoms with van der Waals surface area (Å²) in [4.78, 5) is 2.53. The lowest BCUT2D eigenvalue weighted by molar-refractivity contribution is 0.652. The van der Waals surface area contributed by atoms with Crippen LogP contribution in [0.5, 0.6) is 0 Å². The highest BCUT2D eigenvalue weighted by molar-refractivity contribution is 6.10. The molecule has 0 spiro atoms. The van der Waals surface area contributed by atoms with Gasteiger partial charge in [0.05, 0.1) is 5.69 Å². The molecule has 0 N–H and O–H groups in total. The molecule has 0 aliphatic heterocycles. The highest BCUT2D eigenvalue weighted by Crippen LogP contribution is 2.59. The van der Waals surface area contributed by atoms with Gasteiger partial charge in [0.2, 0.25) is 0 Å². The summed E-state index contributed by atoms with van der Waals surface area (Å²) >= 11 is 0. The van der Waals surface area contributed by atoms with Gasteiger partial charge in [-0.15, -0.1) is 0 Å². The van der Waals surface area contributed by atoms with Crippen LogP contribution in [-0.2, 0) is 16.2 Å². The van der Waals surface area contributed by atoms with Crippen molar-refractivity contribution < 1.29 is 0 Å². The Morgan fingerprint density at radius 1 is 0.324 bits per heavy atom. The van der Waals surface area contributed by atoms with Gasteiger partial charge in [0.15, 0.2) is 0 Å². The highest BCUT2D eigenvalue weighted by atomic mass is 15.1. The zero-order valence-corrected chi connectivity index (χ0v) is 40.3. The van der Waals surface area contributed by atoms with Gasteiger partial charge in [-0.25, -0.2) is 0 Å². The Kier molecular flexibility index (Phi) is 8.55. The fourth-order valence-electron chi connectivity index (χ4n) is 12.8. The molecule has 3 aliphatic rings. The van der Waals surface area contributed by atoms with Crippen LogP contribution in [0, 0.1) is 13.8 Å². The molecule has 0 heterocycles. The molecular weight excluding hydrogens is 819 g/mol. The molecule has 10 aromatic carbocycles. The van der Waals surface area contributed by atoms with E-state index in [-0.39, 0.29) is 16.2 Å². The summed E-state index contributed by atoms with van der Waals surface area (Å²) in [6.45, 7) is 19.0. The quantitative estimate of drug-likeness (QED) is 0.167. The zero-order valence-electron chi connectivity index (χ0n) is 40.3. The lowest BCUT2D eigenvalue weighted by Crippen LogP contribution is -2.18. The summed E-state index contributed by atoms with van der Waals surface area (Å²) in [5.74, 6) is 0.